The lowest BCUT2D eigenvalue weighted by Crippen LogP contribution is -2.62. The molecule has 2 N–H and O–H groups in total. The first-order valence-corrected chi connectivity index (χ1v) is 4.94. The molecule has 4 nitrogen and oxygen atoms in total. The average Bonchev–Trinajstić information content (AvgIpc) is 2.53. The van der Waals surface area contributed by atoms with Crippen molar-refractivity contribution in [1.29, 1.82) is 0 Å². The van der Waals surface area contributed by atoms with Crippen LogP contribution in [0.2, 0.25) is 0 Å². The van der Waals surface area contributed by atoms with Crippen LogP contribution in [0.25, 0.3) is 0 Å². The van der Waals surface area contributed by atoms with E-state index in [-0.39, 0.29) is 19.4 Å². The first-order chi connectivity index (χ1) is 7.23. The molecule has 16 heavy (non-hydrogen) atoms. The summed E-state index contributed by atoms with van der Waals surface area (Å²) in [7, 11) is 0. The van der Waals surface area contributed by atoms with E-state index < -0.39 is 29.4 Å². The smallest absolute Gasteiger partial charge is 0.416 e. The predicted octanol–water partition coefficient (Wildman–Crippen LogP) is 0.741. The summed E-state index contributed by atoms with van der Waals surface area (Å²) in [4.78, 5) is 11.4. The number of ether oxygens (including phenoxy) is 2. The van der Waals surface area contributed by atoms with Gasteiger partial charge in [-0.25, -0.2) is 4.79 Å². The number of hydrogen-bond donors (Lipinski definition) is 1. The molecule has 0 radical (unpaired) electrons. The first kappa shape index (κ1) is 11.7. The highest BCUT2D eigenvalue weighted by molar-refractivity contribution is 5.83. The van der Waals surface area contributed by atoms with Gasteiger partial charge in [0.2, 0.25) is 0 Å². The topological polar surface area (TPSA) is 61.5 Å². The molecule has 1 atom stereocenters. The third-order valence-corrected chi connectivity index (χ3v) is 3.04. The highest BCUT2D eigenvalue weighted by Gasteiger charge is 2.76. The Labute approximate surface area is 89.9 Å². The molecular weight excluding hydrogens is 227 g/mol. The molecule has 1 saturated carbocycles. The third kappa shape index (κ3) is 1.41. The lowest BCUT2D eigenvalue weighted by Gasteiger charge is -2.40. The Hall–Kier alpha value is -0.820. The number of carbonyl (C=O) groups is 1. The molecule has 0 spiro atoms. The second kappa shape index (κ2) is 3.10. The molecule has 1 aliphatic carbocycles. The van der Waals surface area contributed by atoms with Crippen molar-refractivity contribution in [1.82, 2.24) is 0 Å². The van der Waals surface area contributed by atoms with Crippen molar-refractivity contribution in [2.24, 2.45) is 5.73 Å². The Morgan fingerprint density at radius 2 is 2.12 bits per heavy atom. The molecule has 0 aromatic rings. The molecule has 7 heteroatoms. The van der Waals surface area contributed by atoms with Gasteiger partial charge in [0.05, 0.1) is 12.1 Å². The molecule has 0 aromatic carbocycles. The van der Waals surface area contributed by atoms with Gasteiger partial charge in [-0.3, -0.25) is 0 Å². The van der Waals surface area contributed by atoms with Crippen molar-refractivity contribution < 1.29 is 27.4 Å². The van der Waals surface area contributed by atoms with E-state index in [1.54, 1.807) is 6.92 Å². The minimum atomic E-state index is -4.54. The number of rotatable bonds is 2. The van der Waals surface area contributed by atoms with Gasteiger partial charge in [0, 0.05) is 12.8 Å². The maximum absolute atomic E-state index is 12.5. The van der Waals surface area contributed by atoms with Gasteiger partial charge >= 0.3 is 12.1 Å². The highest BCUT2D eigenvalue weighted by Crippen LogP contribution is 2.58. The summed E-state index contributed by atoms with van der Waals surface area (Å²) in [5.74, 6) is -0.747. The van der Waals surface area contributed by atoms with Crippen molar-refractivity contribution in [3.8, 4) is 0 Å². The van der Waals surface area contributed by atoms with E-state index in [0.717, 1.165) is 0 Å². The number of fused-ring (bicyclic) bond motifs is 1. The Morgan fingerprint density at radius 1 is 1.56 bits per heavy atom. The van der Waals surface area contributed by atoms with Gasteiger partial charge in [-0.2, -0.15) is 13.2 Å². The van der Waals surface area contributed by atoms with Crippen molar-refractivity contribution in [2.45, 2.75) is 43.2 Å². The molecule has 3 rings (SSSR count). The lowest BCUT2D eigenvalue weighted by molar-refractivity contribution is -0.221. The Balaban J connectivity index is 2.15. The van der Waals surface area contributed by atoms with E-state index in [4.69, 9.17) is 10.5 Å². The molecule has 2 aliphatic heterocycles. The largest absolute Gasteiger partial charge is 0.464 e. The van der Waals surface area contributed by atoms with E-state index in [2.05, 4.69) is 4.74 Å². The van der Waals surface area contributed by atoms with Crippen LogP contribution in [0, 0.1) is 0 Å². The fourth-order valence-corrected chi connectivity index (χ4v) is 2.47. The van der Waals surface area contributed by atoms with Gasteiger partial charge in [-0.1, -0.05) is 0 Å². The number of esters is 1. The third-order valence-electron chi connectivity index (χ3n) is 3.04. The van der Waals surface area contributed by atoms with Gasteiger partial charge < -0.3 is 15.2 Å². The van der Waals surface area contributed by atoms with E-state index in [1.165, 1.54) is 0 Å². The number of nitrogens with two attached hydrogens (primary N) is 1. The van der Waals surface area contributed by atoms with Crippen molar-refractivity contribution in [3.05, 3.63) is 0 Å². The van der Waals surface area contributed by atoms with Gasteiger partial charge in [0.15, 0.2) is 11.7 Å². The maximum atomic E-state index is 12.5. The zero-order valence-electron chi connectivity index (χ0n) is 8.63. The molecule has 2 bridgehead atoms. The monoisotopic (exact) mass is 239 g/mol. The summed E-state index contributed by atoms with van der Waals surface area (Å²) in [5, 5.41) is 0. The van der Waals surface area contributed by atoms with Crippen molar-refractivity contribution >= 4 is 5.97 Å². The standard InChI is InChI=1S/C9H12F3NO3/c1-2-15-6(14)8-3-7(13,4-8)5(16-8)9(10,11)12/h5H,2-4,13H2,1H3. The van der Waals surface area contributed by atoms with Crippen LogP contribution in [0.3, 0.4) is 0 Å². The van der Waals surface area contributed by atoms with Crippen LogP contribution in [0.5, 0.6) is 0 Å². The molecule has 1 unspecified atom stereocenters. The second-order valence-electron chi connectivity index (χ2n) is 4.34. The molecule has 3 fully saturated rings. The van der Waals surface area contributed by atoms with E-state index in [1.807, 2.05) is 0 Å². The zero-order chi connectivity index (χ0) is 12.2. The number of halogens is 3. The average molecular weight is 239 g/mol. The summed E-state index contributed by atoms with van der Waals surface area (Å²) in [6, 6.07) is 0. The van der Waals surface area contributed by atoms with E-state index in [9.17, 15) is 18.0 Å². The Kier molecular flexibility index (Phi) is 2.26. The quantitative estimate of drug-likeness (QED) is 0.722. The molecule has 92 valence electrons. The number of carbonyl (C=O) groups excluding carboxylic acids is 1. The molecule has 0 aromatic heterocycles. The number of hydrogen-bond acceptors (Lipinski definition) is 4. The first-order valence-electron chi connectivity index (χ1n) is 4.94. The molecule has 3 aliphatic rings. The molecule has 0 amide bonds. The van der Waals surface area contributed by atoms with Crippen LogP contribution in [0.1, 0.15) is 19.8 Å². The lowest BCUT2D eigenvalue weighted by atomic mass is 9.66. The van der Waals surface area contributed by atoms with Gasteiger partial charge in [-0.05, 0) is 6.92 Å². The van der Waals surface area contributed by atoms with Crippen molar-refractivity contribution in [3.63, 3.8) is 0 Å². The predicted molar refractivity (Wildman–Crippen MR) is 46.4 cm³/mol. The van der Waals surface area contributed by atoms with Crippen LogP contribution in [-0.2, 0) is 14.3 Å². The van der Waals surface area contributed by atoms with Gasteiger partial charge in [-0.15, -0.1) is 0 Å². The SMILES string of the molecule is CCOC(=O)C12CC(N)(C1)C(C(F)(F)F)O2. The van der Waals surface area contributed by atoms with Crippen LogP contribution in [-0.4, -0.2) is 36.0 Å². The Morgan fingerprint density at radius 3 is 2.50 bits per heavy atom. The van der Waals surface area contributed by atoms with Crippen LogP contribution >= 0.6 is 0 Å². The van der Waals surface area contributed by atoms with Gasteiger partial charge in [0.25, 0.3) is 0 Å². The van der Waals surface area contributed by atoms with Crippen LogP contribution < -0.4 is 5.73 Å². The Bertz CT molecular complexity index is 322. The molecular formula is C9H12F3NO3. The van der Waals surface area contributed by atoms with Crippen LogP contribution in [0.15, 0.2) is 0 Å². The van der Waals surface area contributed by atoms with Crippen LogP contribution in [0.4, 0.5) is 13.2 Å². The van der Waals surface area contributed by atoms with E-state index in [0.29, 0.717) is 0 Å². The highest BCUT2D eigenvalue weighted by atomic mass is 19.4. The fraction of sp³-hybridized carbons (Fsp3) is 0.889. The minimum absolute atomic E-state index is 0.109. The summed E-state index contributed by atoms with van der Waals surface area (Å²) in [6.07, 6.45) is -6.85. The summed E-state index contributed by atoms with van der Waals surface area (Å²) in [5.41, 5.74) is 2.61. The number of alkyl halides is 3. The molecule has 2 saturated heterocycles. The van der Waals surface area contributed by atoms with E-state index >= 15 is 0 Å². The minimum Gasteiger partial charge on any atom is -0.464 e. The normalized spacial score (nSPS) is 41.7. The van der Waals surface area contributed by atoms with Gasteiger partial charge in [0.1, 0.15) is 0 Å². The van der Waals surface area contributed by atoms with Crippen molar-refractivity contribution in [2.75, 3.05) is 6.61 Å². The summed E-state index contributed by atoms with van der Waals surface area (Å²) >= 11 is 0. The maximum Gasteiger partial charge on any atom is 0.416 e. The summed E-state index contributed by atoms with van der Waals surface area (Å²) in [6.45, 7) is 1.69. The summed E-state index contributed by atoms with van der Waals surface area (Å²) < 4.78 is 47.1. The molecule has 2 heterocycles. The second-order valence-corrected chi connectivity index (χ2v) is 4.34. The zero-order valence-corrected chi connectivity index (χ0v) is 8.63. The fourth-order valence-electron chi connectivity index (χ4n) is 2.47.